The SMILES string of the molecule is O=S(=O)(Nc1ccc(F)c(F)c1)c1cc(Cl)ccc1F. The molecule has 2 rings (SSSR count). The first-order valence-corrected chi connectivity index (χ1v) is 7.08. The van der Waals surface area contributed by atoms with Crippen molar-refractivity contribution in [1.29, 1.82) is 0 Å². The molecule has 20 heavy (non-hydrogen) atoms. The average Bonchev–Trinajstić information content (AvgIpc) is 2.36. The highest BCUT2D eigenvalue weighted by molar-refractivity contribution is 7.92. The Balaban J connectivity index is 2.40. The van der Waals surface area contributed by atoms with Crippen LogP contribution >= 0.6 is 11.6 Å². The van der Waals surface area contributed by atoms with E-state index in [1.165, 1.54) is 6.07 Å². The molecule has 8 heteroatoms. The van der Waals surface area contributed by atoms with Crippen molar-refractivity contribution in [3.63, 3.8) is 0 Å². The van der Waals surface area contributed by atoms with Gasteiger partial charge in [-0.2, -0.15) is 0 Å². The highest BCUT2D eigenvalue weighted by Gasteiger charge is 2.20. The van der Waals surface area contributed by atoms with E-state index in [2.05, 4.69) is 0 Å². The quantitative estimate of drug-likeness (QED) is 0.939. The molecule has 0 atom stereocenters. The lowest BCUT2D eigenvalue weighted by Crippen LogP contribution is -2.14. The number of benzene rings is 2. The van der Waals surface area contributed by atoms with E-state index in [0.29, 0.717) is 6.07 Å². The average molecular weight is 322 g/mol. The van der Waals surface area contributed by atoms with Crippen LogP contribution in [0.25, 0.3) is 0 Å². The molecule has 0 aromatic heterocycles. The van der Waals surface area contributed by atoms with E-state index in [4.69, 9.17) is 11.6 Å². The molecule has 0 aliphatic heterocycles. The second kappa shape index (κ2) is 5.34. The molecule has 0 aliphatic rings. The van der Waals surface area contributed by atoms with Crippen molar-refractivity contribution in [2.24, 2.45) is 0 Å². The Morgan fingerprint density at radius 1 is 0.900 bits per heavy atom. The minimum absolute atomic E-state index is 0.0251. The molecule has 0 spiro atoms. The Morgan fingerprint density at radius 3 is 2.20 bits per heavy atom. The summed E-state index contributed by atoms with van der Waals surface area (Å²) in [5.41, 5.74) is -0.233. The summed E-state index contributed by atoms with van der Waals surface area (Å²) in [5, 5.41) is 0.0251. The van der Waals surface area contributed by atoms with Crippen molar-refractivity contribution in [2.75, 3.05) is 4.72 Å². The molecule has 0 aliphatic carbocycles. The maximum absolute atomic E-state index is 13.5. The summed E-state index contributed by atoms with van der Waals surface area (Å²) in [7, 11) is -4.29. The van der Waals surface area contributed by atoms with Crippen molar-refractivity contribution < 1.29 is 21.6 Å². The van der Waals surface area contributed by atoms with E-state index >= 15 is 0 Å². The number of hydrogen-bond donors (Lipinski definition) is 1. The monoisotopic (exact) mass is 321 g/mol. The predicted molar refractivity (Wildman–Crippen MR) is 68.6 cm³/mol. The normalized spacial score (nSPS) is 11.4. The first-order valence-electron chi connectivity index (χ1n) is 5.22. The Hall–Kier alpha value is -1.73. The van der Waals surface area contributed by atoms with Gasteiger partial charge in [0.15, 0.2) is 11.6 Å². The molecule has 0 heterocycles. The number of nitrogens with one attached hydrogen (secondary N) is 1. The van der Waals surface area contributed by atoms with Crippen LogP contribution in [0.1, 0.15) is 0 Å². The lowest BCUT2D eigenvalue weighted by molar-refractivity contribution is 0.509. The molecule has 0 bridgehead atoms. The van der Waals surface area contributed by atoms with Crippen molar-refractivity contribution >= 4 is 27.3 Å². The predicted octanol–water partition coefficient (Wildman–Crippen LogP) is 3.56. The largest absolute Gasteiger partial charge is 0.279 e. The Kier molecular flexibility index (Phi) is 3.92. The third-order valence-corrected chi connectivity index (χ3v) is 3.99. The summed E-state index contributed by atoms with van der Waals surface area (Å²) in [4.78, 5) is -0.685. The molecule has 0 saturated carbocycles. The standard InChI is InChI=1S/C12H7ClF3NO2S/c13-7-1-3-10(15)12(5-7)20(18,19)17-8-2-4-9(14)11(16)6-8/h1-6,17H. The lowest BCUT2D eigenvalue weighted by Gasteiger charge is -2.09. The summed E-state index contributed by atoms with van der Waals surface area (Å²) in [5.74, 6) is -3.36. The maximum Gasteiger partial charge on any atom is 0.264 e. The maximum atomic E-state index is 13.5. The van der Waals surface area contributed by atoms with Gasteiger partial charge in [0.2, 0.25) is 0 Å². The minimum atomic E-state index is -4.29. The molecular weight excluding hydrogens is 315 g/mol. The van der Waals surface area contributed by atoms with Gasteiger partial charge in [0.1, 0.15) is 10.7 Å². The van der Waals surface area contributed by atoms with Crippen molar-refractivity contribution in [3.8, 4) is 0 Å². The van der Waals surface area contributed by atoms with Gasteiger partial charge in [-0.3, -0.25) is 4.72 Å². The number of rotatable bonds is 3. The molecule has 0 saturated heterocycles. The summed E-state index contributed by atoms with van der Waals surface area (Å²) in [6.07, 6.45) is 0. The molecule has 0 unspecified atom stereocenters. The second-order valence-corrected chi connectivity index (χ2v) is 5.90. The molecule has 2 aromatic rings. The van der Waals surface area contributed by atoms with E-state index in [-0.39, 0.29) is 10.7 Å². The number of sulfonamides is 1. The van der Waals surface area contributed by atoms with E-state index in [1.807, 2.05) is 4.72 Å². The molecule has 3 nitrogen and oxygen atoms in total. The first kappa shape index (κ1) is 14.7. The topological polar surface area (TPSA) is 46.2 Å². The van der Waals surface area contributed by atoms with Crippen LogP contribution in [0.2, 0.25) is 5.02 Å². The summed E-state index contributed by atoms with van der Waals surface area (Å²) in [6, 6.07) is 5.41. The molecule has 2 aromatic carbocycles. The van der Waals surface area contributed by atoms with Crippen molar-refractivity contribution in [1.82, 2.24) is 0 Å². The summed E-state index contributed by atoms with van der Waals surface area (Å²) < 4.78 is 65.1. The van der Waals surface area contributed by atoms with Crippen LogP contribution in [0.3, 0.4) is 0 Å². The van der Waals surface area contributed by atoms with Crippen LogP contribution in [0.5, 0.6) is 0 Å². The van der Waals surface area contributed by atoms with E-state index < -0.39 is 32.4 Å². The van der Waals surface area contributed by atoms with Gasteiger partial charge in [0.05, 0.1) is 5.69 Å². The van der Waals surface area contributed by atoms with Gasteiger partial charge in [-0.25, -0.2) is 21.6 Å². The zero-order chi connectivity index (χ0) is 14.9. The van der Waals surface area contributed by atoms with Gasteiger partial charge in [-0.05, 0) is 30.3 Å². The lowest BCUT2D eigenvalue weighted by atomic mass is 10.3. The third kappa shape index (κ3) is 3.05. The van der Waals surface area contributed by atoms with Crippen LogP contribution in [-0.4, -0.2) is 8.42 Å². The zero-order valence-corrected chi connectivity index (χ0v) is 11.3. The number of anilines is 1. The zero-order valence-electron chi connectivity index (χ0n) is 9.70. The Labute approximate surface area is 118 Å². The van der Waals surface area contributed by atoms with Crippen LogP contribution < -0.4 is 4.72 Å². The fourth-order valence-corrected chi connectivity index (χ4v) is 2.84. The number of hydrogen-bond acceptors (Lipinski definition) is 2. The second-order valence-electron chi connectivity index (χ2n) is 3.81. The molecule has 1 N–H and O–H groups in total. The van der Waals surface area contributed by atoms with Gasteiger partial charge < -0.3 is 0 Å². The van der Waals surface area contributed by atoms with Crippen molar-refractivity contribution in [3.05, 3.63) is 58.9 Å². The smallest absolute Gasteiger partial charge is 0.264 e. The van der Waals surface area contributed by atoms with Gasteiger partial charge in [0.25, 0.3) is 10.0 Å². The fourth-order valence-electron chi connectivity index (χ4n) is 1.45. The fraction of sp³-hybridized carbons (Fsp3) is 0. The van der Waals surface area contributed by atoms with Crippen LogP contribution in [0.4, 0.5) is 18.9 Å². The van der Waals surface area contributed by atoms with Crippen LogP contribution in [0, 0.1) is 17.5 Å². The summed E-state index contributed by atoms with van der Waals surface area (Å²) in [6.45, 7) is 0. The molecule has 106 valence electrons. The van der Waals surface area contributed by atoms with E-state index in [0.717, 1.165) is 24.3 Å². The van der Waals surface area contributed by atoms with Crippen LogP contribution in [0.15, 0.2) is 41.3 Å². The molecular formula is C12H7ClF3NO2S. The molecule has 0 amide bonds. The minimum Gasteiger partial charge on any atom is -0.279 e. The highest BCUT2D eigenvalue weighted by Crippen LogP contribution is 2.23. The van der Waals surface area contributed by atoms with Gasteiger partial charge in [-0.1, -0.05) is 11.6 Å². The molecule has 0 radical (unpaired) electrons. The Morgan fingerprint density at radius 2 is 1.55 bits per heavy atom. The first-order chi connectivity index (χ1) is 9.29. The number of halogens is 4. The van der Waals surface area contributed by atoms with Crippen LogP contribution in [-0.2, 0) is 10.0 Å². The third-order valence-electron chi connectivity index (χ3n) is 2.35. The van der Waals surface area contributed by atoms with Gasteiger partial charge >= 0.3 is 0 Å². The van der Waals surface area contributed by atoms with E-state index in [9.17, 15) is 21.6 Å². The van der Waals surface area contributed by atoms with Gasteiger partial charge in [0, 0.05) is 11.1 Å². The van der Waals surface area contributed by atoms with E-state index in [1.54, 1.807) is 0 Å². The highest BCUT2D eigenvalue weighted by atomic mass is 35.5. The van der Waals surface area contributed by atoms with Crippen molar-refractivity contribution in [2.45, 2.75) is 4.90 Å². The Bertz CT molecular complexity index is 765. The van der Waals surface area contributed by atoms with Gasteiger partial charge in [-0.15, -0.1) is 0 Å². The molecule has 0 fully saturated rings. The summed E-state index contributed by atoms with van der Waals surface area (Å²) >= 11 is 5.60.